The molecule has 1 saturated carbocycles. The van der Waals surface area contributed by atoms with Crippen LogP contribution < -0.4 is 0 Å². The first-order valence-corrected chi connectivity index (χ1v) is 8.31. The van der Waals surface area contributed by atoms with Crippen LogP contribution in [0.15, 0.2) is 29.2 Å². The molecule has 1 aromatic rings. The van der Waals surface area contributed by atoms with Crippen molar-refractivity contribution in [2.24, 2.45) is 11.8 Å². The maximum atomic E-state index is 12.4. The highest BCUT2D eigenvalue weighted by molar-refractivity contribution is 7.99. The number of hydrogen-bond donors (Lipinski definition) is 0. The Hall–Kier alpha value is -1.29. The van der Waals surface area contributed by atoms with Crippen molar-refractivity contribution in [2.45, 2.75) is 30.1 Å². The van der Waals surface area contributed by atoms with Gasteiger partial charge in [0.25, 0.3) is 0 Å². The molecule has 2 heterocycles. The molecular formula is C16H17NO2S. The van der Waals surface area contributed by atoms with Crippen molar-refractivity contribution in [1.82, 2.24) is 4.90 Å². The number of benzene rings is 1. The van der Waals surface area contributed by atoms with Gasteiger partial charge in [0.1, 0.15) is 0 Å². The molecule has 3 unspecified atom stereocenters. The lowest BCUT2D eigenvalue weighted by atomic mass is 10.00. The molecule has 1 aromatic carbocycles. The molecule has 0 spiro atoms. The number of rotatable bonds is 2. The maximum absolute atomic E-state index is 12.4. The summed E-state index contributed by atoms with van der Waals surface area (Å²) in [5.74, 6) is 1.45. The highest BCUT2D eigenvalue weighted by Gasteiger charge is 2.50. The fourth-order valence-corrected chi connectivity index (χ4v) is 5.08. The molecule has 1 aliphatic carbocycles. The molecule has 1 saturated heterocycles. The number of carbonyl (C=O) groups is 2. The molecule has 3 atom stereocenters. The summed E-state index contributed by atoms with van der Waals surface area (Å²) < 4.78 is 0. The molecule has 2 aliphatic heterocycles. The van der Waals surface area contributed by atoms with Crippen LogP contribution in [0.5, 0.6) is 0 Å². The van der Waals surface area contributed by atoms with E-state index in [0.29, 0.717) is 12.5 Å². The van der Waals surface area contributed by atoms with Crippen molar-refractivity contribution >= 4 is 23.6 Å². The van der Waals surface area contributed by atoms with Crippen LogP contribution in [0.1, 0.15) is 30.7 Å². The third kappa shape index (κ3) is 1.74. The Labute approximate surface area is 122 Å². The van der Waals surface area contributed by atoms with Gasteiger partial charge in [-0.25, -0.2) is 0 Å². The minimum atomic E-state index is -0.00759. The highest BCUT2D eigenvalue weighted by atomic mass is 32.2. The van der Waals surface area contributed by atoms with Crippen molar-refractivity contribution in [3.8, 4) is 0 Å². The summed E-state index contributed by atoms with van der Waals surface area (Å²) in [5.41, 5.74) is 1.30. The monoisotopic (exact) mass is 287 g/mol. The first-order chi connectivity index (χ1) is 9.75. The molecule has 0 radical (unpaired) electrons. The molecule has 0 N–H and O–H groups in total. The third-order valence-electron chi connectivity index (χ3n) is 4.88. The van der Waals surface area contributed by atoms with Gasteiger partial charge in [-0.05, 0) is 24.5 Å². The zero-order chi connectivity index (χ0) is 13.7. The van der Waals surface area contributed by atoms with E-state index in [4.69, 9.17) is 0 Å². The zero-order valence-electron chi connectivity index (χ0n) is 11.2. The fourth-order valence-electron chi connectivity index (χ4n) is 3.84. The minimum Gasteiger partial charge on any atom is -0.281 e. The largest absolute Gasteiger partial charge is 0.281 e. The van der Waals surface area contributed by atoms with Crippen LogP contribution in [0.3, 0.4) is 0 Å². The summed E-state index contributed by atoms with van der Waals surface area (Å²) in [6.45, 7) is 0.578. The Morgan fingerprint density at radius 3 is 2.55 bits per heavy atom. The molecule has 4 rings (SSSR count). The van der Waals surface area contributed by atoms with Gasteiger partial charge >= 0.3 is 0 Å². The lowest BCUT2D eigenvalue weighted by molar-refractivity contribution is -0.140. The molecule has 3 aliphatic rings. The highest BCUT2D eigenvalue weighted by Crippen LogP contribution is 2.43. The molecule has 0 aromatic heterocycles. The van der Waals surface area contributed by atoms with E-state index in [1.165, 1.54) is 10.5 Å². The Kier molecular flexibility index (Phi) is 2.88. The van der Waals surface area contributed by atoms with E-state index in [1.54, 1.807) is 4.90 Å². The predicted octanol–water partition coefficient (Wildman–Crippen LogP) is 2.66. The average molecular weight is 287 g/mol. The van der Waals surface area contributed by atoms with Gasteiger partial charge in [0, 0.05) is 23.1 Å². The van der Waals surface area contributed by atoms with Crippen molar-refractivity contribution in [3.63, 3.8) is 0 Å². The van der Waals surface area contributed by atoms with Crippen LogP contribution in [0.2, 0.25) is 0 Å². The summed E-state index contributed by atoms with van der Waals surface area (Å²) >= 11 is 1.83. The summed E-state index contributed by atoms with van der Waals surface area (Å²) in [6, 6.07) is 8.35. The van der Waals surface area contributed by atoms with Gasteiger partial charge < -0.3 is 0 Å². The first kappa shape index (κ1) is 12.5. The normalized spacial score (nSPS) is 31.8. The maximum Gasteiger partial charge on any atom is 0.233 e. The minimum absolute atomic E-state index is 0.00759. The van der Waals surface area contributed by atoms with Crippen LogP contribution >= 0.6 is 11.8 Å². The Balaban J connectivity index is 1.56. The lowest BCUT2D eigenvalue weighted by Gasteiger charge is -2.20. The van der Waals surface area contributed by atoms with E-state index in [2.05, 4.69) is 12.1 Å². The molecule has 104 valence electrons. The van der Waals surface area contributed by atoms with Crippen LogP contribution in [0, 0.1) is 11.8 Å². The quantitative estimate of drug-likeness (QED) is 0.785. The van der Waals surface area contributed by atoms with Gasteiger partial charge in [0.15, 0.2) is 0 Å². The number of fused-ring (bicyclic) bond motifs is 2. The van der Waals surface area contributed by atoms with Crippen LogP contribution in [0.4, 0.5) is 0 Å². The number of imide groups is 1. The van der Waals surface area contributed by atoms with Crippen LogP contribution in [-0.2, 0) is 9.59 Å². The standard InChI is InChI=1S/C16H17NO2S/c18-15-12-5-3-6-13(12)16(19)17(15)8-10-9-20-14-7-2-1-4-11(10)14/h1-2,4,7,10,12-13H,3,5-6,8-9H2. The second-order valence-corrected chi connectivity index (χ2v) is 7.04. The topological polar surface area (TPSA) is 37.4 Å². The SMILES string of the molecule is O=C1C2CCCC2C(=O)N1CC1CSc2ccccc21. The van der Waals surface area contributed by atoms with Gasteiger partial charge in [-0.15, -0.1) is 11.8 Å². The Morgan fingerprint density at radius 1 is 1.10 bits per heavy atom. The lowest BCUT2D eigenvalue weighted by Crippen LogP contribution is -2.35. The molecule has 2 fully saturated rings. The number of nitrogens with zero attached hydrogens (tertiary/aromatic N) is 1. The van der Waals surface area contributed by atoms with Crippen molar-refractivity contribution in [2.75, 3.05) is 12.3 Å². The number of carbonyl (C=O) groups excluding carboxylic acids is 2. The molecule has 2 amide bonds. The zero-order valence-corrected chi connectivity index (χ0v) is 12.1. The second-order valence-electron chi connectivity index (χ2n) is 5.98. The molecule has 20 heavy (non-hydrogen) atoms. The molecule has 4 heteroatoms. The van der Waals surface area contributed by atoms with E-state index < -0.39 is 0 Å². The molecule has 3 nitrogen and oxygen atoms in total. The number of likely N-dealkylation sites (tertiary alicyclic amines) is 1. The molecular weight excluding hydrogens is 270 g/mol. The van der Waals surface area contributed by atoms with E-state index >= 15 is 0 Å². The first-order valence-electron chi connectivity index (χ1n) is 7.32. The second kappa shape index (κ2) is 4.62. The summed E-state index contributed by atoms with van der Waals surface area (Å²) in [4.78, 5) is 27.7. The van der Waals surface area contributed by atoms with E-state index in [-0.39, 0.29) is 23.7 Å². The number of amides is 2. The van der Waals surface area contributed by atoms with E-state index in [1.807, 2.05) is 23.9 Å². The van der Waals surface area contributed by atoms with Crippen molar-refractivity contribution in [1.29, 1.82) is 0 Å². The van der Waals surface area contributed by atoms with Crippen molar-refractivity contribution in [3.05, 3.63) is 29.8 Å². The molecule has 0 bridgehead atoms. The smallest absolute Gasteiger partial charge is 0.233 e. The summed E-state index contributed by atoms with van der Waals surface area (Å²) in [6.07, 6.45) is 2.84. The van der Waals surface area contributed by atoms with Crippen LogP contribution in [0.25, 0.3) is 0 Å². The van der Waals surface area contributed by atoms with Gasteiger partial charge in [0.05, 0.1) is 11.8 Å². The van der Waals surface area contributed by atoms with Crippen molar-refractivity contribution < 1.29 is 9.59 Å². The Morgan fingerprint density at radius 2 is 1.80 bits per heavy atom. The van der Waals surface area contributed by atoms with Crippen LogP contribution in [-0.4, -0.2) is 29.0 Å². The Bertz CT molecular complexity index is 564. The van der Waals surface area contributed by atoms with Gasteiger partial charge in [0.2, 0.25) is 11.8 Å². The van der Waals surface area contributed by atoms with Gasteiger partial charge in [-0.1, -0.05) is 24.6 Å². The van der Waals surface area contributed by atoms with E-state index in [9.17, 15) is 9.59 Å². The van der Waals surface area contributed by atoms with E-state index in [0.717, 1.165) is 25.0 Å². The van der Waals surface area contributed by atoms with Gasteiger partial charge in [-0.3, -0.25) is 14.5 Å². The number of hydrogen-bond acceptors (Lipinski definition) is 3. The fraction of sp³-hybridized carbons (Fsp3) is 0.500. The average Bonchev–Trinajstić information content (AvgIpc) is 3.14. The van der Waals surface area contributed by atoms with Gasteiger partial charge in [-0.2, -0.15) is 0 Å². The predicted molar refractivity (Wildman–Crippen MR) is 77.5 cm³/mol. The summed E-state index contributed by atoms with van der Waals surface area (Å²) in [5, 5.41) is 0. The third-order valence-corrected chi connectivity index (χ3v) is 6.14. The number of thioether (sulfide) groups is 1. The summed E-state index contributed by atoms with van der Waals surface area (Å²) in [7, 11) is 0.